The van der Waals surface area contributed by atoms with Crippen molar-refractivity contribution in [1.29, 1.82) is 0 Å². The van der Waals surface area contributed by atoms with Crippen LogP contribution in [0, 0.1) is 5.82 Å². The first-order valence-electron chi connectivity index (χ1n) is 12.7. The molecule has 0 radical (unpaired) electrons. The lowest BCUT2D eigenvalue weighted by molar-refractivity contribution is -0.140. The van der Waals surface area contributed by atoms with E-state index in [-0.39, 0.29) is 30.6 Å². The summed E-state index contributed by atoms with van der Waals surface area (Å²) in [6.45, 7) is 3.02. The highest BCUT2D eigenvalue weighted by atomic mass is 35.5. The fourth-order valence-electron chi connectivity index (χ4n) is 4.09. The van der Waals surface area contributed by atoms with Gasteiger partial charge in [0, 0.05) is 38.1 Å². The van der Waals surface area contributed by atoms with Gasteiger partial charge in [0.1, 0.15) is 18.4 Å². The van der Waals surface area contributed by atoms with Gasteiger partial charge in [-0.05, 0) is 61.4 Å². The molecule has 1 atom stereocenters. The SMILES string of the molecule is CC(C)NC(=O)[C@H](Cc1ccccc1)N(Cc1cccc(Cl)c1)C(=O)CN(c1ccc(F)cc1)S(=O)(=O)N(C)C. The Morgan fingerprint density at radius 3 is 2.12 bits per heavy atom. The fourth-order valence-corrected chi connectivity index (χ4v) is 5.36. The lowest BCUT2D eigenvalue weighted by Gasteiger charge is -2.34. The van der Waals surface area contributed by atoms with E-state index in [1.807, 2.05) is 44.2 Å². The van der Waals surface area contributed by atoms with Gasteiger partial charge in [-0.3, -0.25) is 9.59 Å². The fraction of sp³-hybridized carbons (Fsp3) is 0.310. The van der Waals surface area contributed by atoms with E-state index in [0.717, 1.165) is 26.3 Å². The van der Waals surface area contributed by atoms with Crippen LogP contribution >= 0.6 is 11.6 Å². The number of hydrogen-bond acceptors (Lipinski definition) is 4. The van der Waals surface area contributed by atoms with E-state index in [4.69, 9.17) is 11.6 Å². The number of carbonyl (C=O) groups is 2. The topological polar surface area (TPSA) is 90.0 Å². The number of rotatable bonds is 12. The molecule has 0 fully saturated rings. The van der Waals surface area contributed by atoms with Gasteiger partial charge in [-0.1, -0.05) is 54.1 Å². The van der Waals surface area contributed by atoms with Gasteiger partial charge >= 0.3 is 10.2 Å². The Morgan fingerprint density at radius 2 is 1.55 bits per heavy atom. The summed E-state index contributed by atoms with van der Waals surface area (Å²) in [5.41, 5.74) is 1.60. The average Bonchev–Trinajstić information content (AvgIpc) is 2.89. The minimum atomic E-state index is -4.16. The first-order valence-corrected chi connectivity index (χ1v) is 14.5. The number of amides is 2. The molecule has 0 spiro atoms. The number of anilines is 1. The summed E-state index contributed by atoms with van der Waals surface area (Å²) >= 11 is 6.21. The van der Waals surface area contributed by atoms with Crippen molar-refractivity contribution < 1.29 is 22.4 Å². The summed E-state index contributed by atoms with van der Waals surface area (Å²) in [5.74, 6) is -1.54. The number of benzene rings is 3. The molecular formula is C29H34ClFN4O4S. The molecule has 0 aliphatic rings. The van der Waals surface area contributed by atoms with Crippen molar-refractivity contribution in [2.24, 2.45) is 0 Å². The maximum Gasteiger partial charge on any atom is 0.304 e. The number of nitrogens with zero attached hydrogens (tertiary/aromatic N) is 3. The number of halogens is 2. The van der Waals surface area contributed by atoms with E-state index < -0.39 is 34.5 Å². The maximum atomic E-state index is 14.1. The molecule has 40 heavy (non-hydrogen) atoms. The normalized spacial score (nSPS) is 12.3. The highest BCUT2D eigenvalue weighted by Crippen LogP contribution is 2.23. The summed E-state index contributed by atoms with van der Waals surface area (Å²) in [6.07, 6.45) is 0.197. The van der Waals surface area contributed by atoms with Gasteiger partial charge in [0.2, 0.25) is 11.8 Å². The van der Waals surface area contributed by atoms with Gasteiger partial charge in [0.05, 0.1) is 5.69 Å². The summed E-state index contributed by atoms with van der Waals surface area (Å²) in [5, 5.41) is 3.35. The first kappa shape index (κ1) is 31.1. The molecule has 3 aromatic rings. The number of carbonyl (C=O) groups excluding carboxylic acids is 2. The zero-order chi connectivity index (χ0) is 29.4. The van der Waals surface area contributed by atoms with Crippen LogP contribution in [0.5, 0.6) is 0 Å². The molecule has 0 aliphatic heterocycles. The Kier molecular flexibility index (Phi) is 10.7. The molecule has 0 saturated heterocycles. The minimum Gasteiger partial charge on any atom is -0.352 e. The molecular weight excluding hydrogens is 555 g/mol. The summed E-state index contributed by atoms with van der Waals surface area (Å²) < 4.78 is 42.2. The van der Waals surface area contributed by atoms with Crippen LogP contribution in [-0.4, -0.2) is 62.2 Å². The molecule has 0 saturated carbocycles. The predicted octanol–water partition coefficient (Wildman–Crippen LogP) is 4.26. The van der Waals surface area contributed by atoms with E-state index in [1.54, 1.807) is 24.3 Å². The third kappa shape index (κ3) is 8.27. The predicted molar refractivity (Wildman–Crippen MR) is 156 cm³/mol. The number of nitrogens with one attached hydrogen (secondary N) is 1. The highest BCUT2D eigenvalue weighted by Gasteiger charge is 2.35. The highest BCUT2D eigenvalue weighted by molar-refractivity contribution is 7.90. The Bertz CT molecular complexity index is 1400. The molecule has 0 aliphatic carbocycles. The van der Waals surface area contributed by atoms with Crippen molar-refractivity contribution in [3.05, 3.63) is 101 Å². The van der Waals surface area contributed by atoms with Crippen molar-refractivity contribution in [3.8, 4) is 0 Å². The third-order valence-electron chi connectivity index (χ3n) is 6.08. The molecule has 1 N–H and O–H groups in total. The van der Waals surface area contributed by atoms with Crippen LogP contribution in [0.4, 0.5) is 10.1 Å². The van der Waals surface area contributed by atoms with E-state index in [2.05, 4.69) is 5.32 Å². The van der Waals surface area contributed by atoms with Gasteiger partial charge in [-0.15, -0.1) is 0 Å². The Morgan fingerprint density at radius 1 is 0.925 bits per heavy atom. The zero-order valence-electron chi connectivity index (χ0n) is 22.9. The van der Waals surface area contributed by atoms with Crippen LogP contribution in [0.3, 0.4) is 0 Å². The van der Waals surface area contributed by atoms with Crippen LogP contribution in [0.15, 0.2) is 78.9 Å². The molecule has 3 aromatic carbocycles. The second kappa shape index (κ2) is 13.7. The lowest BCUT2D eigenvalue weighted by atomic mass is 10.0. The molecule has 0 bridgehead atoms. The van der Waals surface area contributed by atoms with Crippen LogP contribution in [0.2, 0.25) is 5.02 Å². The Labute approximate surface area is 240 Å². The summed E-state index contributed by atoms with van der Waals surface area (Å²) in [4.78, 5) is 29.0. The van der Waals surface area contributed by atoms with Crippen molar-refractivity contribution in [2.45, 2.75) is 38.9 Å². The van der Waals surface area contributed by atoms with Crippen molar-refractivity contribution in [1.82, 2.24) is 14.5 Å². The smallest absolute Gasteiger partial charge is 0.304 e. The molecule has 0 aromatic heterocycles. The minimum absolute atomic E-state index is 0.00167. The second-order valence-electron chi connectivity index (χ2n) is 9.79. The van der Waals surface area contributed by atoms with Gasteiger partial charge in [-0.2, -0.15) is 12.7 Å². The largest absolute Gasteiger partial charge is 0.352 e. The molecule has 214 valence electrons. The second-order valence-corrected chi connectivity index (χ2v) is 12.3. The van der Waals surface area contributed by atoms with Crippen molar-refractivity contribution in [3.63, 3.8) is 0 Å². The lowest BCUT2D eigenvalue weighted by Crippen LogP contribution is -2.55. The zero-order valence-corrected chi connectivity index (χ0v) is 24.5. The average molecular weight is 589 g/mol. The van der Waals surface area contributed by atoms with Crippen molar-refractivity contribution in [2.75, 3.05) is 24.9 Å². The quantitative estimate of drug-likeness (QED) is 0.342. The molecule has 8 nitrogen and oxygen atoms in total. The van der Waals surface area contributed by atoms with Gasteiger partial charge in [0.15, 0.2) is 0 Å². The maximum absolute atomic E-state index is 14.1. The van der Waals surface area contributed by atoms with Crippen LogP contribution in [0.25, 0.3) is 0 Å². The Balaban J connectivity index is 2.09. The monoisotopic (exact) mass is 588 g/mol. The standard InChI is InChI=1S/C29H34ClFN4O4S/c1-21(2)32-29(37)27(18-22-9-6-5-7-10-22)34(19-23-11-8-12-24(30)17-23)28(36)20-35(40(38,39)33(3)4)26-15-13-25(31)14-16-26/h5-17,21,27H,18-20H2,1-4H3,(H,32,37)/t27-/m0/s1. The molecule has 0 heterocycles. The molecule has 3 rings (SSSR count). The van der Waals surface area contributed by atoms with Crippen LogP contribution in [0.1, 0.15) is 25.0 Å². The summed E-state index contributed by atoms with van der Waals surface area (Å²) in [7, 11) is -1.48. The van der Waals surface area contributed by atoms with E-state index >= 15 is 0 Å². The van der Waals surface area contributed by atoms with E-state index in [9.17, 15) is 22.4 Å². The van der Waals surface area contributed by atoms with Crippen molar-refractivity contribution >= 4 is 39.3 Å². The number of hydrogen-bond donors (Lipinski definition) is 1. The van der Waals surface area contributed by atoms with Crippen LogP contribution < -0.4 is 9.62 Å². The van der Waals surface area contributed by atoms with E-state index in [0.29, 0.717) is 10.6 Å². The third-order valence-corrected chi connectivity index (χ3v) is 8.13. The Hall–Kier alpha value is -3.47. The molecule has 0 unspecified atom stereocenters. The van der Waals surface area contributed by atoms with Gasteiger partial charge < -0.3 is 10.2 Å². The van der Waals surface area contributed by atoms with Crippen LogP contribution in [-0.2, 0) is 32.8 Å². The molecule has 2 amide bonds. The first-order chi connectivity index (χ1) is 18.9. The van der Waals surface area contributed by atoms with E-state index in [1.165, 1.54) is 31.1 Å². The van der Waals surface area contributed by atoms with Gasteiger partial charge in [-0.25, -0.2) is 8.70 Å². The molecule has 11 heteroatoms. The summed E-state index contributed by atoms with van der Waals surface area (Å²) in [6, 6.07) is 19.8. The van der Waals surface area contributed by atoms with Gasteiger partial charge in [0.25, 0.3) is 0 Å².